The third kappa shape index (κ3) is 14.0. The van der Waals surface area contributed by atoms with Crippen molar-refractivity contribution < 1.29 is 70.8 Å². The van der Waals surface area contributed by atoms with E-state index in [1.807, 2.05) is 42.5 Å². The number of aromatic amines is 1. The van der Waals surface area contributed by atoms with E-state index in [0.29, 0.717) is 5.95 Å². The molecular weight excluding hydrogens is 1390 g/mol. The maximum atomic E-state index is 8.87. The van der Waals surface area contributed by atoms with Crippen LogP contribution in [-0.2, 0) is 9.24 Å². The van der Waals surface area contributed by atoms with Crippen molar-refractivity contribution in [2.75, 3.05) is 0 Å². The fraction of sp³-hybridized carbons (Fsp3) is 0. The first-order valence-corrected chi connectivity index (χ1v) is 51.2. The van der Waals surface area contributed by atoms with Crippen molar-refractivity contribution in [2.24, 2.45) is 0 Å². The Hall–Kier alpha value is -7.46. The van der Waals surface area contributed by atoms with Crippen molar-refractivity contribution >= 4 is 213 Å². The number of para-hydroxylation sites is 2. The molecule has 0 spiro atoms. The van der Waals surface area contributed by atoms with Crippen molar-refractivity contribution in [2.45, 2.75) is 0 Å². The van der Waals surface area contributed by atoms with Gasteiger partial charge in [-0.05, 0) is 93.6 Å². The first kappa shape index (κ1) is 71.2. The van der Waals surface area contributed by atoms with Crippen LogP contribution in [0.5, 0.6) is 0 Å². The molecule has 15 heteroatoms. The van der Waals surface area contributed by atoms with Crippen LogP contribution >= 0.6 is 19.9 Å². The van der Waals surface area contributed by atoms with Crippen LogP contribution in [0.25, 0.3) is 181 Å². The second-order valence-electron chi connectivity index (χ2n) is 24.4. The predicted octanol–water partition coefficient (Wildman–Crippen LogP) is 18.5. The van der Waals surface area contributed by atoms with Gasteiger partial charge >= 0.3 is 123 Å². The quantitative estimate of drug-likeness (QED) is 0.0433. The second-order valence-corrected chi connectivity index (χ2v) is 25.4. The van der Waals surface area contributed by atoms with Crippen molar-refractivity contribution in [1.29, 1.82) is 0 Å². The molecule has 0 aliphatic rings. The summed E-state index contributed by atoms with van der Waals surface area (Å²) >= 11 is 8.58. The fourth-order valence-electron chi connectivity index (χ4n) is 14.5. The summed E-state index contributed by atoms with van der Waals surface area (Å²) in [5.41, 5.74) is 15.1. The van der Waals surface area contributed by atoms with Gasteiger partial charge in [-0.15, -0.1) is 0 Å². The Balaban J connectivity index is 0.000000129. The van der Waals surface area contributed by atoms with Crippen LogP contribution in [0.2, 0.25) is 5.28 Å². The van der Waals surface area contributed by atoms with Gasteiger partial charge in [0.25, 0.3) is 0 Å². The molecule has 4 aromatic heterocycles. The van der Waals surface area contributed by atoms with Crippen LogP contribution < -0.4 is 61.5 Å². The Morgan fingerprint density at radius 2 is 0.699 bits per heavy atom. The molecule has 0 fully saturated rings. The first-order valence-electron chi connectivity index (χ1n) is 33.8. The van der Waals surface area contributed by atoms with E-state index in [1.54, 1.807) is 0 Å². The third-order valence-corrected chi connectivity index (χ3v) is 19.2. The molecule has 103 heavy (non-hydrogen) atoms. The third-order valence-electron chi connectivity index (χ3n) is 18.9. The predicted molar refractivity (Wildman–Crippen MR) is 421 cm³/mol. The molecule has 1 N–H and O–H groups in total. The molecule has 0 saturated carbocycles. The van der Waals surface area contributed by atoms with Gasteiger partial charge in [-0.2, -0.15) is 0 Å². The van der Waals surface area contributed by atoms with E-state index in [4.69, 9.17) is 36.3 Å². The Kier molecular flexibility index (Phi) is 22.2. The summed E-state index contributed by atoms with van der Waals surface area (Å²) in [6.45, 7) is 0. The smallest absolute Gasteiger partial charge is 0.235 e. The summed E-state index contributed by atoms with van der Waals surface area (Å²) in [6.07, 6.45) is 0. The molecular formula is C88H55ClK3N6O4P. The summed E-state index contributed by atoms with van der Waals surface area (Å²) in [5, 5.41) is 30.9. The van der Waals surface area contributed by atoms with Gasteiger partial charge in [0.05, 0.1) is 44.5 Å². The van der Waals surface area contributed by atoms with E-state index in [9.17, 15) is 0 Å². The Morgan fingerprint density at radius 3 is 1.23 bits per heavy atom. The molecule has 0 saturated heterocycles. The molecule has 1 unspecified atom stereocenters. The van der Waals surface area contributed by atoms with Gasteiger partial charge in [0.2, 0.25) is 11.2 Å². The van der Waals surface area contributed by atoms with Crippen LogP contribution in [-0.4, -0.2) is 92.6 Å². The average Bonchev–Trinajstić information content (AvgIpc) is 1.53. The molecule has 1 atom stereocenters. The van der Waals surface area contributed by atoms with Crippen LogP contribution in [0.4, 0.5) is 0 Å². The molecule has 0 aliphatic heterocycles. The summed E-state index contributed by atoms with van der Waals surface area (Å²) in [5.74, 6) is 0.669. The molecule has 0 aliphatic carbocycles. The average molecular weight is 1440 g/mol. The number of fused-ring (bicyclic) bond motifs is 22. The number of benzene rings is 16. The number of aromatic nitrogens is 6. The molecule has 0 bridgehead atoms. The van der Waals surface area contributed by atoms with Gasteiger partial charge in [-0.25, -0.2) is 24.6 Å². The number of nitrogens with one attached hydrogen (secondary N) is 1. The van der Waals surface area contributed by atoms with Crippen LogP contribution in [0.1, 0.15) is 0 Å². The first-order chi connectivity index (χ1) is 50.3. The van der Waals surface area contributed by atoms with E-state index in [0.717, 1.165) is 55.4 Å². The van der Waals surface area contributed by atoms with E-state index >= 15 is 0 Å². The number of hydrogen-bond acceptors (Lipinski definition) is 8. The Morgan fingerprint density at radius 1 is 0.330 bits per heavy atom. The van der Waals surface area contributed by atoms with Crippen molar-refractivity contribution in [3.05, 3.63) is 333 Å². The topological polar surface area (TPSA) is 145 Å². The number of halogens is 1. The van der Waals surface area contributed by atoms with E-state index in [2.05, 4.69) is 309 Å². The summed E-state index contributed by atoms with van der Waals surface area (Å²) in [4.78, 5) is 32.1. The minimum Gasteiger partial charge on any atom is -0.353 e. The van der Waals surface area contributed by atoms with E-state index in [1.165, 1.54) is 183 Å². The fourth-order valence-corrected chi connectivity index (χ4v) is 14.7. The Labute approximate surface area is 686 Å². The molecule has 4 heterocycles. The molecule has 0 radical (unpaired) electrons. The molecule has 16 aromatic carbocycles. The zero-order valence-electron chi connectivity index (χ0n) is 56.4. The largest absolute Gasteiger partial charge is 0.353 e. The molecule has 476 valence electrons. The number of nitrogens with zero attached hydrogens (tertiary/aromatic N) is 5. The zero-order valence-corrected chi connectivity index (χ0v) is 67.4. The monoisotopic (exact) mass is 1440 g/mol. The van der Waals surface area contributed by atoms with Crippen molar-refractivity contribution in [3.8, 4) is 50.7 Å². The van der Waals surface area contributed by atoms with E-state index in [-0.39, 0.29) is 56.7 Å². The molecule has 10 nitrogen and oxygen atoms in total. The molecule has 20 aromatic rings. The van der Waals surface area contributed by atoms with E-state index < -0.39 is 8.25 Å². The van der Waals surface area contributed by atoms with Gasteiger partial charge in [0.15, 0.2) is 0 Å². The van der Waals surface area contributed by atoms with Crippen LogP contribution in [0, 0.1) is 0 Å². The normalized spacial score (nSPS) is 11.3. The summed E-state index contributed by atoms with van der Waals surface area (Å²) < 4.78 is 13.7. The maximum Gasteiger partial charge on any atom is 0.235 e. The van der Waals surface area contributed by atoms with Crippen LogP contribution in [0.15, 0.2) is 328 Å². The van der Waals surface area contributed by atoms with Gasteiger partial charge in [0, 0.05) is 65.0 Å². The zero-order chi connectivity index (χ0) is 69.2. The number of rotatable bonds is 6. The number of hydrogen-bond donors (Lipinski definition) is 1. The minimum absolute atomic E-state index is 0. The minimum atomic E-state index is -3.15. The SMILES string of the molecule is Clc1nc(-c2ccc(-c3ccccc3)cc2)c2ccccc2n1.O=[P+]([O-])O[O-].[K+].[K][K].c1ccc(-c2ccc(-c3nc(-n4c5c6ccccc6ccc5c5c6ccccc6c6ccccc6c54)nc4ccccc34)cc2)cc1.c1ccc2c(c1)ccc1c2[nH]c2c3ccccc3c3ccccc3c12. The van der Waals surface area contributed by atoms with Gasteiger partial charge < -0.3 is 15.1 Å². The Bertz CT molecular complexity index is 6590. The van der Waals surface area contributed by atoms with Crippen molar-refractivity contribution in [1.82, 2.24) is 29.5 Å². The van der Waals surface area contributed by atoms with Gasteiger partial charge in [-0.3, -0.25) is 4.57 Å². The van der Waals surface area contributed by atoms with Crippen LogP contribution in [0.3, 0.4) is 0 Å². The summed E-state index contributed by atoms with van der Waals surface area (Å²) in [7, 11) is -3.15. The number of H-pyrrole nitrogens is 1. The van der Waals surface area contributed by atoms with Crippen molar-refractivity contribution in [3.63, 3.8) is 0 Å². The second kappa shape index (κ2) is 32.1. The summed E-state index contributed by atoms with van der Waals surface area (Å²) in [6, 6.07) is 115. The maximum absolute atomic E-state index is 8.87. The van der Waals surface area contributed by atoms with Gasteiger partial charge in [0.1, 0.15) is 0 Å². The van der Waals surface area contributed by atoms with Gasteiger partial charge in [-0.1, -0.05) is 315 Å². The standard InChI is InChI=1S/C44H27N3.C24H15N.C20H13ClN2.3K.HO4P/c1-2-12-28(13-3-1)29-22-24-31(25-23-29)41-37-20-10-11-21-39(37)45-44(46-41)47-42-32-15-5-4-14-30(32)26-27-38(42)40-35-18-8-6-16-33(35)34-17-7-9-19-36(34)43(40)47;1-2-8-16-15(7-1)13-14-21-22-19-11-5-3-9-17(19)18-10-4-6-12-20(18)24(22)25-23(16)21;21-20-22-18-9-5-4-8-17(18)19(23-20)16-12-10-15(11-13-16)14-6-2-1-3-7-14;;;;1-4-5(2)3/h1-27H;1-14,25H;1-13H;;;;1H/q;;;;;+1;/p-1. The molecule has 20 rings (SSSR count). The molecule has 0 amide bonds.